The monoisotopic (exact) mass is 275 g/mol. The molecule has 1 saturated heterocycles. The summed E-state index contributed by atoms with van der Waals surface area (Å²) >= 11 is 0. The lowest BCUT2D eigenvalue weighted by molar-refractivity contribution is 0.00888. The van der Waals surface area contributed by atoms with Crippen molar-refractivity contribution >= 4 is 10.2 Å². The number of aromatic nitrogens is 2. The normalized spacial score (nSPS) is 24.9. The topological polar surface area (TPSA) is 84.7 Å². The van der Waals surface area contributed by atoms with E-state index in [1.54, 1.807) is 0 Å². The van der Waals surface area contributed by atoms with Gasteiger partial charge in [-0.1, -0.05) is 0 Å². The second-order valence-electron chi connectivity index (χ2n) is 4.41. The molecule has 0 spiro atoms. The number of ether oxygens (including phenoxy) is 1. The van der Waals surface area contributed by atoms with E-state index in [1.165, 1.54) is 26.6 Å². The molecule has 0 radical (unpaired) electrons. The Bertz CT molecular complexity index is 511. The maximum absolute atomic E-state index is 12.1. The van der Waals surface area contributed by atoms with Gasteiger partial charge in [-0.05, 0) is 12.8 Å². The fourth-order valence-electron chi connectivity index (χ4n) is 1.95. The van der Waals surface area contributed by atoms with Gasteiger partial charge in [0.2, 0.25) is 0 Å². The first-order chi connectivity index (χ1) is 8.46. The molecule has 0 aromatic carbocycles. The van der Waals surface area contributed by atoms with Gasteiger partial charge in [0, 0.05) is 14.1 Å². The summed E-state index contributed by atoms with van der Waals surface area (Å²) in [6.07, 6.45) is 3.60. The van der Waals surface area contributed by atoms with E-state index in [9.17, 15) is 8.42 Å². The molecule has 2 atom stereocenters. The molecule has 2 rings (SSSR count). The highest BCUT2D eigenvalue weighted by atomic mass is 32.2. The predicted molar refractivity (Wildman–Crippen MR) is 64.2 cm³/mol. The van der Waals surface area contributed by atoms with Gasteiger partial charge in [0.05, 0.1) is 24.6 Å². The third kappa shape index (κ3) is 2.28. The number of imidazole rings is 1. The minimum Gasteiger partial charge on any atom is -0.394 e. The lowest BCUT2D eigenvalue weighted by atomic mass is 10.1. The van der Waals surface area contributed by atoms with Gasteiger partial charge in [-0.15, -0.1) is 0 Å². The molecule has 8 heteroatoms. The lowest BCUT2D eigenvalue weighted by Crippen LogP contribution is -2.30. The standard InChI is InChI=1S/C10H17N3O4S/c1-12(2)18(15,16)13-7-11-5-9(13)10-4-3-8(6-14)17-10/h5,7-8,10,14H,3-4,6H2,1-2H3/t8-,10-/m0/s1. The third-order valence-electron chi connectivity index (χ3n) is 2.98. The predicted octanol–water partition coefficient (Wildman–Crippen LogP) is -0.250. The molecule has 1 aliphatic rings. The molecule has 0 aliphatic carbocycles. The Kier molecular flexibility index (Phi) is 3.71. The maximum Gasteiger partial charge on any atom is 0.308 e. The molecule has 2 heterocycles. The first-order valence-corrected chi connectivity index (χ1v) is 7.08. The quantitative estimate of drug-likeness (QED) is 0.819. The van der Waals surface area contributed by atoms with Gasteiger partial charge >= 0.3 is 10.2 Å². The van der Waals surface area contributed by atoms with Crippen LogP contribution in [0.15, 0.2) is 12.5 Å². The van der Waals surface area contributed by atoms with E-state index in [2.05, 4.69) is 4.98 Å². The van der Waals surface area contributed by atoms with Gasteiger partial charge < -0.3 is 9.84 Å². The Hall–Kier alpha value is -0.960. The van der Waals surface area contributed by atoms with Gasteiger partial charge in [0.1, 0.15) is 12.4 Å². The van der Waals surface area contributed by atoms with Crippen LogP contribution < -0.4 is 0 Å². The largest absolute Gasteiger partial charge is 0.394 e. The summed E-state index contributed by atoms with van der Waals surface area (Å²) in [6.45, 7) is -0.0505. The minimum absolute atomic E-state index is 0.0505. The van der Waals surface area contributed by atoms with E-state index >= 15 is 0 Å². The number of aliphatic hydroxyl groups is 1. The smallest absolute Gasteiger partial charge is 0.308 e. The molecule has 1 aliphatic heterocycles. The van der Waals surface area contributed by atoms with Crippen molar-refractivity contribution in [2.75, 3.05) is 20.7 Å². The molecular weight excluding hydrogens is 258 g/mol. The van der Waals surface area contributed by atoms with Crippen molar-refractivity contribution < 1.29 is 18.3 Å². The molecule has 0 amide bonds. The lowest BCUT2D eigenvalue weighted by Gasteiger charge is -2.17. The average Bonchev–Trinajstić information content (AvgIpc) is 2.97. The van der Waals surface area contributed by atoms with Crippen molar-refractivity contribution in [1.29, 1.82) is 0 Å². The van der Waals surface area contributed by atoms with Crippen LogP contribution in [0, 0.1) is 0 Å². The van der Waals surface area contributed by atoms with E-state index in [0.29, 0.717) is 18.5 Å². The second kappa shape index (κ2) is 4.96. The first kappa shape index (κ1) is 13.5. The van der Waals surface area contributed by atoms with Crippen LogP contribution in [0.1, 0.15) is 24.6 Å². The summed E-state index contributed by atoms with van der Waals surface area (Å²) < 4.78 is 32.0. The highest BCUT2D eigenvalue weighted by molar-refractivity contribution is 7.87. The summed E-state index contributed by atoms with van der Waals surface area (Å²) in [7, 11) is -0.654. The van der Waals surface area contributed by atoms with Crippen LogP contribution in [0.3, 0.4) is 0 Å². The van der Waals surface area contributed by atoms with E-state index in [4.69, 9.17) is 9.84 Å². The van der Waals surface area contributed by atoms with Crippen LogP contribution >= 0.6 is 0 Å². The highest BCUT2D eigenvalue weighted by Crippen LogP contribution is 2.32. The number of rotatable bonds is 4. The summed E-state index contributed by atoms with van der Waals surface area (Å²) in [5, 5.41) is 9.02. The summed E-state index contributed by atoms with van der Waals surface area (Å²) in [5.74, 6) is 0. The van der Waals surface area contributed by atoms with E-state index in [-0.39, 0.29) is 18.8 Å². The first-order valence-electron chi connectivity index (χ1n) is 5.68. The Morgan fingerprint density at radius 3 is 2.83 bits per heavy atom. The molecule has 0 saturated carbocycles. The molecule has 18 heavy (non-hydrogen) atoms. The zero-order chi connectivity index (χ0) is 13.3. The Morgan fingerprint density at radius 2 is 2.28 bits per heavy atom. The Labute approximate surface area is 106 Å². The van der Waals surface area contributed by atoms with Gasteiger partial charge in [0.15, 0.2) is 0 Å². The number of aliphatic hydroxyl groups excluding tert-OH is 1. The van der Waals surface area contributed by atoms with Gasteiger partial charge in [0.25, 0.3) is 0 Å². The highest BCUT2D eigenvalue weighted by Gasteiger charge is 2.31. The summed E-state index contributed by atoms with van der Waals surface area (Å²) in [5.41, 5.74) is 0.500. The van der Waals surface area contributed by atoms with E-state index < -0.39 is 10.2 Å². The molecular formula is C10H17N3O4S. The average molecular weight is 275 g/mol. The van der Waals surface area contributed by atoms with Crippen molar-refractivity contribution in [2.45, 2.75) is 25.0 Å². The number of hydrogen-bond donors (Lipinski definition) is 1. The van der Waals surface area contributed by atoms with E-state index in [1.807, 2.05) is 0 Å². The van der Waals surface area contributed by atoms with Crippen molar-refractivity contribution in [3.63, 3.8) is 0 Å². The SMILES string of the molecule is CN(C)S(=O)(=O)n1cncc1[C@@H]1CC[C@@H](CO)O1. The summed E-state index contributed by atoms with van der Waals surface area (Å²) in [4.78, 5) is 3.88. The van der Waals surface area contributed by atoms with E-state index in [0.717, 1.165) is 8.28 Å². The van der Waals surface area contributed by atoms with Gasteiger partial charge in [-0.2, -0.15) is 12.7 Å². The zero-order valence-electron chi connectivity index (χ0n) is 10.4. The Morgan fingerprint density at radius 1 is 1.56 bits per heavy atom. The molecule has 102 valence electrons. The fourth-order valence-corrected chi connectivity index (χ4v) is 2.90. The molecule has 1 N–H and O–H groups in total. The van der Waals surface area contributed by atoms with Crippen LogP contribution in [-0.4, -0.2) is 53.6 Å². The fraction of sp³-hybridized carbons (Fsp3) is 0.700. The van der Waals surface area contributed by atoms with Crippen LogP contribution in [0.4, 0.5) is 0 Å². The van der Waals surface area contributed by atoms with Crippen LogP contribution in [0.25, 0.3) is 0 Å². The molecule has 7 nitrogen and oxygen atoms in total. The van der Waals surface area contributed by atoms with Crippen molar-refractivity contribution in [3.8, 4) is 0 Å². The minimum atomic E-state index is -3.58. The Balaban J connectivity index is 2.29. The second-order valence-corrected chi connectivity index (χ2v) is 6.43. The number of nitrogens with zero attached hydrogens (tertiary/aromatic N) is 3. The van der Waals surface area contributed by atoms with Crippen LogP contribution in [0.5, 0.6) is 0 Å². The van der Waals surface area contributed by atoms with Crippen molar-refractivity contribution in [3.05, 3.63) is 18.2 Å². The molecule has 1 aromatic heterocycles. The van der Waals surface area contributed by atoms with Gasteiger partial charge in [-0.3, -0.25) is 0 Å². The molecule has 1 fully saturated rings. The zero-order valence-corrected chi connectivity index (χ0v) is 11.2. The van der Waals surface area contributed by atoms with Crippen LogP contribution in [-0.2, 0) is 14.9 Å². The van der Waals surface area contributed by atoms with Crippen LogP contribution in [0.2, 0.25) is 0 Å². The molecule has 1 aromatic rings. The summed E-state index contributed by atoms with van der Waals surface area (Å²) in [6, 6.07) is 0. The van der Waals surface area contributed by atoms with Crippen molar-refractivity contribution in [1.82, 2.24) is 13.3 Å². The third-order valence-corrected chi connectivity index (χ3v) is 4.71. The number of hydrogen-bond acceptors (Lipinski definition) is 5. The maximum atomic E-state index is 12.1. The van der Waals surface area contributed by atoms with Crippen molar-refractivity contribution in [2.24, 2.45) is 0 Å². The van der Waals surface area contributed by atoms with Gasteiger partial charge in [-0.25, -0.2) is 8.96 Å². The molecule has 0 unspecified atom stereocenters. The molecule has 0 bridgehead atoms.